The molecule has 0 aliphatic rings. The van der Waals surface area contributed by atoms with E-state index in [1.165, 1.54) is 0 Å². The zero-order valence-electron chi connectivity index (χ0n) is 14.4. The molecule has 0 radical (unpaired) electrons. The van der Waals surface area contributed by atoms with Crippen molar-refractivity contribution in [2.45, 2.75) is 25.9 Å². The average Bonchev–Trinajstić information content (AvgIpc) is 2.66. The summed E-state index contributed by atoms with van der Waals surface area (Å²) in [6, 6.07) is 18.7. The van der Waals surface area contributed by atoms with Crippen molar-refractivity contribution >= 4 is 5.71 Å². The van der Waals surface area contributed by atoms with E-state index in [-0.39, 0.29) is 0 Å². The molecule has 0 bridgehead atoms. The van der Waals surface area contributed by atoms with Gasteiger partial charge in [-0.2, -0.15) is 0 Å². The molecule has 2 N–H and O–H groups in total. The summed E-state index contributed by atoms with van der Waals surface area (Å²) in [5.74, 6) is 0. The van der Waals surface area contributed by atoms with Crippen LogP contribution in [0.25, 0.3) is 0 Å². The molecule has 2 aromatic rings. The molecule has 0 saturated carbocycles. The lowest BCUT2D eigenvalue weighted by molar-refractivity contribution is 0.145. The summed E-state index contributed by atoms with van der Waals surface area (Å²) in [6.07, 6.45) is 0.485. The summed E-state index contributed by atoms with van der Waals surface area (Å²) in [5, 5.41) is 24.7. The van der Waals surface area contributed by atoms with Gasteiger partial charge in [-0.15, -0.1) is 0 Å². The highest BCUT2D eigenvalue weighted by molar-refractivity contribution is 5.96. The largest absolute Gasteiger partial charge is 0.411 e. The molecule has 2 aromatic carbocycles. The van der Waals surface area contributed by atoms with Crippen molar-refractivity contribution in [2.24, 2.45) is 5.16 Å². The van der Waals surface area contributed by atoms with Crippen LogP contribution < -0.4 is 0 Å². The standard InChI is InChI=1S/C20H26N2O2/c1-3-22(4-2)16-15-19(21-24)20(23,17-11-7-5-8-12-17)18-13-9-6-10-14-18/h5-14,23-24H,3-4,15-16H2,1-2H3. The maximum atomic E-state index is 11.6. The first-order valence-corrected chi connectivity index (χ1v) is 8.44. The normalized spacial score (nSPS) is 12.6. The maximum absolute atomic E-state index is 11.6. The summed E-state index contributed by atoms with van der Waals surface area (Å²) in [4.78, 5) is 2.24. The smallest absolute Gasteiger partial charge is 0.156 e. The van der Waals surface area contributed by atoms with Crippen LogP contribution in [0, 0.1) is 0 Å². The minimum absolute atomic E-state index is 0.354. The van der Waals surface area contributed by atoms with Gasteiger partial charge >= 0.3 is 0 Å². The van der Waals surface area contributed by atoms with Crippen LogP contribution >= 0.6 is 0 Å². The fraction of sp³-hybridized carbons (Fsp3) is 0.350. The molecule has 0 saturated heterocycles. The zero-order valence-corrected chi connectivity index (χ0v) is 14.4. The first kappa shape index (κ1) is 18.2. The molecule has 0 unspecified atom stereocenters. The first-order valence-electron chi connectivity index (χ1n) is 8.44. The van der Waals surface area contributed by atoms with Gasteiger partial charge in [0.15, 0.2) is 5.60 Å². The van der Waals surface area contributed by atoms with Crippen LogP contribution in [-0.4, -0.2) is 40.6 Å². The van der Waals surface area contributed by atoms with E-state index in [0.29, 0.717) is 23.3 Å². The van der Waals surface area contributed by atoms with E-state index in [0.717, 1.165) is 19.6 Å². The van der Waals surface area contributed by atoms with Crippen LogP contribution in [0.15, 0.2) is 65.8 Å². The Hall–Kier alpha value is -2.17. The number of hydrogen-bond donors (Lipinski definition) is 2. The highest BCUT2D eigenvalue weighted by Crippen LogP contribution is 2.32. The van der Waals surface area contributed by atoms with Crippen LogP contribution in [0.1, 0.15) is 31.4 Å². The lowest BCUT2D eigenvalue weighted by Crippen LogP contribution is -2.39. The number of nitrogens with zero attached hydrogens (tertiary/aromatic N) is 2. The molecule has 4 heteroatoms. The molecule has 128 valence electrons. The highest BCUT2D eigenvalue weighted by Gasteiger charge is 2.37. The Morgan fingerprint density at radius 3 is 1.75 bits per heavy atom. The van der Waals surface area contributed by atoms with Gasteiger partial charge in [-0.3, -0.25) is 0 Å². The van der Waals surface area contributed by atoms with Crippen LogP contribution in [0.3, 0.4) is 0 Å². The maximum Gasteiger partial charge on any atom is 0.156 e. The van der Waals surface area contributed by atoms with Crippen LogP contribution in [-0.2, 0) is 5.60 Å². The molecule has 0 aliphatic carbocycles. The molecule has 4 nitrogen and oxygen atoms in total. The fourth-order valence-corrected chi connectivity index (χ4v) is 2.97. The topological polar surface area (TPSA) is 56.1 Å². The van der Waals surface area contributed by atoms with Crippen molar-refractivity contribution in [1.82, 2.24) is 4.90 Å². The van der Waals surface area contributed by atoms with Gasteiger partial charge in [-0.25, -0.2) is 0 Å². The van der Waals surface area contributed by atoms with Gasteiger partial charge in [0.2, 0.25) is 0 Å². The number of hydrogen-bond acceptors (Lipinski definition) is 4. The van der Waals surface area contributed by atoms with Crippen LogP contribution in [0.5, 0.6) is 0 Å². The number of oxime groups is 1. The first-order chi connectivity index (χ1) is 11.7. The Labute approximate surface area is 144 Å². The predicted octanol–water partition coefficient (Wildman–Crippen LogP) is 3.48. The quantitative estimate of drug-likeness (QED) is 0.443. The third-order valence-electron chi connectivity index (χ3n) is 4.48. The van der Waals surface area contributed by atoms with Crippen molar-refractivity contribution < 1.29 is 10.3 Å². The van der Waals surface area contributed by atoms with E-state index in [4.69, 9.17) is 0 Å². The minimum Gasteiger partial charge on any atom is -0.411 e. The van der Waals surface area contributed by atoms with E-state index in [1.54, 1.807) is 0 Å². The molecule has 24 heavy (non-hydrogen) atoms. The lowest BCUT2D eigenvalue weighted by atomic mass is 9.81. The molecule has 0 atom stereocenters. The Kier molecular flexibility index (Phi) is 6.53. The number of rotatable bonds is 8. The Balaban J connectivity index is 2.42. The van der Waals surface area contributed by atoms with Crippen molar-refractivity contribution in [3.63, 3.8) is 0 Å². The van der Waals surface area contributed by atoms with E-state index in [1.807, 2.05) is 60.7 Å². The Morgan fingerprint density at radius 2 is 1.38 bits per heavy atom. The minimum atomic E-state index is -1.44. The van der Waals surface area contributed by atoms with Crippen LogP contribution in [0.2, 0.25) is 0 Å². The summed E-state index contributed by atoms with van der Waals surface area (Å²) in [6.45, 7) is 6.77. The summed E-state index contributed by atoms with van der Waals surface area (Å²) in [7, 11) is 0. The predicted molar refractivity (Wildman–Crippen MR) is 97.5 cm³/mol. The summed E-state index contributed by atoms with van der Waals surface area (Å²) in [5.41, 5.74) is 0.309. The second kappa shape index (κ2) is 8.62. The fourth-order valence-electron chi connectivity index (χ4n) is 2.97. The van der Waals surface area contributed by atoms with Gasteiger partial charge in [0, 0.05) is 13.0 Å². The highest BCUT2D eigenvalue weighted by atomic mass is 16.4. The molecule has 0 spiro atoms. The molecule has 0 amide bonds. The lowest BCUT2D eigenvalue weighted by Gasteiger charge is -2.31. The average molecular weight is 326 g/mol. The Bertz CT molecular complexity index is 598. The molecule has 0 fully saturated rings. The van der Waals surface area contributed by atoms with Gasteiger partial charge in [-0.1, -0.05) is 79.7 Å². The van der Waals surface area contributed by atoms with Crippen molar-refractivity contribution in [3.8, 4) is 0 Å². The van der Waals surface area contributed by atoms with Crippen molar-refractivity contribution in [1.29, 1.82) is 0 Å². The van der Waals surface area contributed by atoms with E-state index < -0.39 is 5.60 Å². The molecule has 0 heterocycles. The number of aliphatic hydroxyl groups is 1. The molecule has 0 aromatic heterocycles. The van der Waals surface area contributed by atoms with Crippen molar-refractivity contribution in [2.75, 3.05) is 19.6 Å². The Morgan fingerprint density at radius 1 is 0.917 bits per heavy atom. The van der Waals surface area contributed by atoms with Gasteiger partial charge in [0.25, 0.3) is 0 Å². The third-order valence-corrected chi connectivity index (χ3v) is 4.48. The molecule has 0 aliphatic heterocycles. The third kappa shape index (κ3) is 3.83. The van der Waals surface area contributed by atoms with E-state index in [9.17, 15) is 10.3 Å². The van der Waals surface area contributed by atoms with E-state index in [2.05, 4.69) is 23.9 Å². The molecular formula is C20H26N2O2. The van der Waals surface area contributed by atoms with Gasteiger partial charge in [0.05, 0.1) is 5.71 Å². The van der Waals surface area contributed by atoms with Gasteiger partial charge in [-0.05, 0) is 24.2 Å². The zero-order chi connectivity index (χ0) is 17.4. The van der Waals surface area contributed by atoms with Crippen LogP contribution in [0.4, 0.5) is 0 Å². The summed E-state index contributed by atoms with van der Waals surface area (Å²) < 4.78 is 0. The second-order valence-corrected chi connectivity index (χ2v) is 5.77. The second-order valence-electron chi connectivity index (χ2n) is 5.77. The van der Waals surface area contributed by atoms with Gasteiger partial charge in [0.1, 0.15) is 0 Å². The monoisotopic (exact) mass is 326 g/mol. The SMILES string of the molecule is CCN(CC)CCC(=NO)C(O)(c1ccccc1)c1ccccc1. The number of benzene rings is 2. The van der Waals surface area contributed by atoms with Gasteiger partial charge < -0.3 is 15.2 Å². The van der Waals surface area contributed by atoms with E-state index >= 15 is 0 Å². The van der Waals surface area contributed by atoms with Crippen molar-refractivity contribution in [3.05, 3.63) is 71.8 Å². The molecule has 2 rings (SSSR count). The molecular weight excluding hydrogens is 300 g/mol. The summed E-state index contributed by atoms with van der Waals surface area (Å²) >= 11 is 0.